The number of hydrogen-bond donors (Lipinski definition) is 0. The zero-order chi connectivity index (χ0) is 21.8. The molecule has 2 amide bonds. The highest BCUT2D eigenvalue weighted by atomic mass is 32.2. The fraction of sp³-hybridized carbons (Fsp3) is 0.200. The van der Waals surface area contributed by atoms with Gasteiger partial charge in [-0.25, -0.2) is 4.90 Å². The lowest BCUT2D eigenvalue weighted by Crippen LogP contribution is -2.31. The number of anilines is 1. The predicted molar refractivity (Wildman–Crippen MR) is 123 cm³/mol. The summed E-state index contributed by atoms with van der Waals surface area (Å²) in [4.78, 5) is 28.7. The number of benzene rings is 2. The van der Waals surface area contributed by atoms with Crippen LogP contribution in [0.5, 0.6) is 5.75 Å². The number of nitrogens with zero attached hydrogens (tertiary/aromatic N) is 1. The van der Waals surface area contributed by atoms with Gasteiger partial charge in [0.15, 0.2) is 0 Å². The molecular formula is C25H23NO4S. The number of carbonyl (C=O) groups is 2. The number of ether oxygens (including phenoxy) is 1. The Kier molecular flexibility index (Phi) is 6.28. The fourth-order valence-corrected chi connectivity index (χ4v) is 4.37. The maximum Gasteiger partial charge on any atom is 0.272 e. The first-order chi connectivity index (χ1) is 15.1. The van der Waals surface area contributed by atoms with Gasteiger partial charge < -0.3 is 9.15 Å². The van der Waals surface area contributed by atoms with E-state index in [1.54, 1.807) is 30.5 Å². The second-order valence-electron chi connectivity index (χ2n) is 7.20. The van der Waals surface area contributed by atoms with E-state index in [9.17, 15) is 9.59 Å². The molecule has 0 saturated carbocycles. The SMILES string of the molecule is CCCOc1ccccc1N1C(=O)C(SCc2ccco2)=C(c2ccc(C)cc2)C1=O. The van der Waals surface area contributed by atoms with Gasteiger partial charge >= 0.3 is 0 Å². The molecular weight excluding hydrogens is 410 g/mol. The number of para-hydroxylation sites is 2. The van der Waals surface area contributed by atoms with E-state index in [1.807, 2.05) is 50.2 Å². The highest BCUT2D eigenvalue weighted by Crippen LogP contribution is 2.42. The number of rotatable bonds is 8. The van der Waals surface area contributed by atoms with Crippen molar-refractivity contribution in [2.45, 2.75) is 26.0 Å². The molecule has 0 aliphatic carbocycles. The monoisotopic (exact) mass is 433 g/mol. The number of carbonyl (C=O) groups excluding carboxylic acids is 2. The Morgan fingerprint density at radius 2 is 1.74 bits per heavy atom. The second kappa shape index (κ2) is 9.27. The Morgan fingerprint density at radius 3 is 2.45 bits per heavy atom. The summed E-state index contributed by atoms with van der Waals surface area (Å²) in [7, 11) is 0. The van der Waals surface area contributed by atoms with Crippen molar-refractivity contribution >= 4 is 34.8 Å². The van der Waals surface area contributed by atoms with Crippen molar-refractivity contribution in [1.82, 2.24) is 0 Å². The summed E-state index contributed by atoms with van der Waals surface area (Å²) in [5.41, 5.74) is 2.68. The number of amides is 2. The number of furan rings is 1. The second-order valence-corrected chi connectivity index (χ2v) is 8.19. The van der Waals surface area contributed by atoms with Crippen LogP contribution in [-0.2, 0) is 15.3 Å². The Balaban J connectivity index is 1.74. The van der Waals surface area contributed by atoms with E-state index in [2.05, 4.69) is 0 Å². The molecule has 0 atom stereocenters. The first-order valence-corrected chi connectivity index (χ1v) is 11.2. The van der Waals surface area contributed by atoms with Gasteiger partial charge in [-0.15, -0.1) is 11.8 Å². The average Bonchev–Trinajstić information content (AvgIpc) is 3.38. The maximum atomic E-state index is 13.6. The Hall–Kier alpha value is -3.25. The van der Waals surface area contributed by atoms with Gasteiger partial charge in [0, 0.05) is 0 Å². The van der Waals surface area contributed by atoms with E-state index in [-0.39, 0.29) is 11.8 Å². The molecule has 6 heteroatoms. The lowest BCUT2D eigenvalue weighted by Gasteiger charge is -2.19. The van der Waals surface area contributed by atoms with Crippen molar-refractivity contribution in [2.24, 2.45) is 0 Å². The lowest BCUT2D eigenvalue weighted by atomic mass is 10.0. The fourth-order valence-electron chi connectivity index (χ4n) is 3.35. The number of imide groups is 1. The number of aryl methyl sites for hydroxylation is 1. The summed E-state index contributed by atoms with van der Waals surface area (Å²) in [6.45, 7) is 4.50. The van der Waals surface area contributed by atoms with Crippen molar-refractivity contribution in [3.05, 3.63) is 88.7 Å². The lowest BCUT2D eigenvalue weighted by molar-refractivity contribution is -0.119. The molecule has 0 N–H and O–H groups in total. The molecule has 5 nitrogen and oxygen atoms in total. The van der Waals surface area contributed by atoms with Crippen LogP contribution in [0.15, 0.2) is 76.2 Å². The molecule has 4 rings (SSSR count). The quantitative estimate of drug-likeness (QED) is 0.433. The first kappa shape index (κ1) is 21.0. The summed E-state index contributed by atoms with van der Waals surface area (Å²) in [5, 5.41) is 0. The molecule has 1 aliphatic heterocycles. The minimum absolute atomic E-state index is 0.343. The molecule has 0 bridgehead atoms. The van der Waals surface area contributed by atoms with Crippen LogP contribution in [0.3, 0.4) is 0 Å². The predicted octanol–water partition coefficient (Wildman–Crippen LogP) is 5.59. The van der Waals surface area contributed by atoms with Crippen molar-refractivity contribution in [3.8, 4) is 5.75 Å². The highest BCUT2D eigenvalue weighted by Gasteiger charge is 2.41. The van der Waals surface area contributed by atoms with E-state index in [1.165, 1.54) is 16.7 Å². The van der Waals surface area contributed by atoms with Crippen LogP contribution in [0.25, 0.3) is 5.57 Å². The van der Waals surface area contributed by atoms with Crippen molar-refractivity contribution in [3.63, 3.8) is 0 Å². The molecule has 0 fully saturated rings. The van der Waals surface area contributed by atoms with Gasteiger partial charge in [0.2, 0.25) is 0 Å². The summed E-state index contributed by atoms with van der Waals surface area (Å²) in [5.74, 6) is 1.03. The summed E-state index contributed by atoms with van der Waals surface area (Å²) in [6, 6.07) is 18.5. The van der Waals surface area contributed by atoms with E-state index in [0.717, 1.165) is 23.3 Å². The van der Waals surface area contributed by atoms with Gasteiger partial charge in [-0.05, 0) is 43.2 Å². The third kappa shape index (κ3) is 4.30. The molecule has 2 aromatic carbocycles. The molecule has 158 valence electrons. The first-order valence-electron chi connectivity index (χ1n) is 10.2. The van der Waals surface area contributed by atoms with Gasteiger partial charge in [0.25, 0.3) is 11.8 Å². The minimum atomic E-state index is -0.344. The third-order valence-electron chi connectivity index (χ3n) is 4.89. The maximum absolute atomic E-state index is 13.6. The zero-order valence-electron chi connectivity index (χ0n) is 17.5. The van der Waals surface area contributed by atoms with E-state index < -0.39 is 0 Å². The van der Waals surface area contributed by atoms with Gasteiger partial charge in [-0.3, -0.25) is 9.59 Å². The standard InChI is InChI=1S/C25H23NO4S/c1-3-14-30-21-9-5-4-8-20(21)26-24(27)22(18-12-10-17(2)11-13-18)23(25(26)28)31-16-19-7-6-15-29-19/h4-13,15H,3,14,16H2,1-2H3. The molecule has 0 radical (unpaired) electrons. The number of hydrogen-bond acceptors (Lipinski definition) is 5. The average molecular weight is 434 g/mol. The Morgan fingerprint density at radius 1 is 0.968 bits per heavy atom. The molecule has 1 aliphatic rings. The molecule has 1 aromatic heterocycles. The normalized spacial score (nSPS) is 13.9. The van der Waals surface area contributed by atoms with E-state index in [4.69, 9.17) is 9.15 Å². The molecule has 0 saturated heterocycles. The number of thioether (sulfide) groups is 1. The van der Waals surface area contributed by atoms with Gasteiger partial charge in [-0.1, -0.05) is 48.9 Å². The van der Waals surface area contributed by atoms with Crippen LogP contribution < -0.4 is 9.64 Å². The van der Waals surface area contributed by atoms with Crippen LogP contribution >= 0.6 is 11.8 Å². The Labute approximate surface area is 185 Å². The summed E-state index contributed by atoms with van der Waals surface area (Å²) < 4.78 is 11.2. The zero-order valence-corrected chi connectivity index (χ0v) is 18.3. The molecule has 31 heavy (non-hydrogen) atoms. The van der Waals surface area contributed by atoms with Crippen LogP contribution in [0, 0.1) is 6.92 Å². The van der Waals surface area contributed by atoms with Crippen molar-refractivity contribution in [1.29, 1.82) is 0 Å². The highest BCUT2D eigenvalue weighted by molar-refractivity contribution is 8.03. The van der Waals surface area contributed by atoms with Crippen molar-refractivity contribution in [2.75, 3.05) is 11.5 Å². The topological polar surface area (TPSA) is 59.8 Å². The minimum Gasteiger partial charge on any atom is -0.491 e. The van der Waals surface area contributed by atoms with Crippen molar-refractivity contribution < 1.29 is 18.7 Å². The van der Waals surface area contributed by atoms with Crippen LogP contribution in [0.2, 0.25) is 0 Å². The van der Waals surface area contributed by atoms with Crippen LogP contribution in [0.4, 0.5) is 5.69 Å². The Bertz CT molecular complexity index is 1120. The van der Waals surface area contributed by atoms with Gasteiger partial charge in [0.1, 0.15) is 11.5 Å². The third-order valence-corrected chi connectivity index (χ3v) is 5.98. The van der Waals surface area contributed by atoms with Gasteiger partial charge in [-0.2, -0.15) is 0 Å². The van der Waals surface area contributed by atoms with Crippen LogP contribution in [-0.4, -0.2) is 18.4 Å². The van der Waals surface area contributed by atoms with Gasteiger partial charge in [0.05, 0.1) is 34.8 Å². The van der Waals surface area contributed by atoms with E-state index >= 15 is 0 Å². The molecule has 2 heterocycles. The smallest absolute Gasteiger partial charge is 0.272 e. The largest absolute Gasteiger partial charge is 0.491 e. The molecule has 0 spiro atoms. The van der Waals surface area contributed by atoms with E-state index in [0.29, 0.717) is 34.3 Å². The summed E-state index contributed by atoms with van der Waals surface area (Å²) in [6.07, 6.45) is 2.42. The summed E-state index contributed by atoms with van der Waals surface area (Å²) >= 11 is 1.32. The molecule has 3 aromatic rings. The molecule has 0 unspecified atom stereocenters. The van der Waals surface area contributed by atoms with Crippen LogP contribution in [0.1, 0.15) is 30.2 Å².